The minimum absolute atomic E-state index is 0.218. The molecule has 6 heteroatoms. The van der Waals surface area contributed by atoms with Crippen LogP contribution in [-0.4, -0.2) is 24.6 Å². The van der Waals surface area contributed by atoms with Crippen LogP contribution < -0.4 is 10.1 Å². The van der Waals surface area contributed by atoms with Crippen molar-refractivity contribution in [2.75, 3.05) is 11.9 Å². The van der Waals surface area contributed by atoms with Gasteiger partial charge >= 0.3 is 5.97 Å². The van der Waals surface area contributed by atoms with Crippen LogP contribution in [0.4, 0.5) is 5.00 Å². The van der Waals surface area contributed by atoms with Crippen molar-refractivity contribution < 1.29 is 19.1 Å². The molecule has 0 fully saturated rings. The van der Waals surface area contributed by atoms with E-state index >= 15 is 0 Å². The molecule has 4 rings (SSSR count). The summed E-state index contributed by atoms with van der Waals surface area (Å²) in [4.78, 5) is 26.9. The maximum absolute atomic E-state index is 13.1. The highest BCUT2D eigenvalue weighted by Gasteiger charge is 2.29. The van der Waals surface area contributed by atoms with Crippen molar-refractivity contribution in [3.05, 3.63) is 45.3 Å². The van der Waals surface area contributed by atoms with E-state index in [1.165, 1.54) is 40.2 Å². The van der Waals surface area contributed by atoms with Crippen LogP contribution >= 0.6 is 11.3 Å². The number of hydrogen-bond donors (Lipinski definition) is 1. The Labute approximate surface area is 188 Å². The maximum atomic E-state index is 13.1. The van der Waals surface area contributed by atoms with E-state index in [9.17, 15) is 9.59 Å². The summed E-state index contributed by atoms with van der Waals surface area (Å²) in [7, 11) is 0. The highest BCUT2D eigenvalue weighted by Crippen LogP contribution is 2.39. The van der Waals surface area contributed by atoms with E-state index in [0.29, 0.717) is 23.6 Å². The minimum atomic E-state index is -0.615. The monoisotopic (exact) mass is 441 g/mol. The third-order valence-corrected chi connectivity index (χ3v) is 7.36. The van der Waals surface area contributed by atoms with Gasteiger partial charge in [0.2, 0.25) is 0 Å². The van der Waals surface area contributed by atoms with Gasteiger partial charge in [0.05, 0.1) is 12.2 Å². The number of amides is 1. The van der Waals surface area contributed by atoms with Crippen molar-refractivity contribution in [2.24, 2.45) is 0 Å². The molecule has 0 saturated carbocycles. The molecule has 166 valence electrons. The fourth-order valence-electron chi connectivity index (χ4n) is 4.54. The fraction of sp³-hybridized carbons (Fsp3) is 0.520. The van der Waals surface area contributed by atoms with Gasteiger partial charge in [0.15, 0.2) is 6.10 Å². The van der Waals surface area contributed by atoms with Crippen LogP contribution in [0.3, 0.4) is 0 Å². The van der Waals surface area contributed by atoms with E-state index in [0.717, 1.165) is 49.8 Å². The summed E-state index contributed by atoms with van der Waals surface area (Å²) >= 11 is 1.51. The average Bonchev–Trinajstić information content (AvgIpc) is 3.15. The number of nitrogens with one attached hydrogen (secondary N) is 1. The predicted molar refractivity (Wildman–Crippen MR) is 123 cm³/mol. The number of hydrogen-bond acceptors (Lipinski definition) is 5. The van der Waals surface area contributed by atoms with E-state index < -0.39 is 6.10 Å². The standard InChI is InChI=1S/C25H31NO4S/c1-3-20(30-18-14-13-16-9-5-6-10-17(16)15-18)23(27)26-24-22(25(28)29-4-2)19-11-7-8-12-21(19)31-24/h13-15,20H,3-12H2,1-2H3,(H,26,27). The average molecular weight is 442 g/mol. The van der Waals surface area contributed by atoms with E-state index in [4.69, 9.17) is 9.47 Å². The van der Waals surface area contributed by atoms with Crippen LogP contribution in [0.5, 0.6) is 5.75 Å². The van der Waals surface area contributed by atoms with E-state index in [1.54, 1.807) is 6.92 Å². The van der Waals surface area contributed by atoms with Gasteiger partial charge in [-0.25, -0.2) is 4.79 Å². The summed E-state index contributed by atoms with van der Waals surface area (Å²) < 4.78 is 11.4. The summed E-state index contributed by atoms with van der Waals surface area (Å²) in [6.45, 7) is 4.05. The molecule has 5 nitrogen and oxygen atoms in total. The number of carbonyl (C=O) groups is 2. The number of carbonyl (C=O) groups excluding carboxylic acids is 2. The van der Waals surface area contributed by atoms with Gasteiger partial charge in [-0.15, -0.1) is 11.3 Å². The number of fused-ring (bicyclic) bond motifs is 2. The van der Waals surface area contributed by atoms with Gasteiger partial charge in [0.25, 0.3) is 5.91 Å². The molecule has 2 aliphatic carbocycles. The predicted octanol–water partition coefficient (Wildman–Crippen LogP) is 5.48. The number of rotatable bonds is 7. The van der Waals surface area contributed by atoms with Gasteiger partial charge in [0.1, 0.15) is 10.8 Å². The molecule has 1 amide bonds. The van der Waals surface area contributed by atoms with Gasteiger partial charge in [0, 0.05) is 4.88 Å². The second-order valence-electron chi connectivity index (χ2n) is 8.28. The van der Waals surface area contributed by atoms with Crippen LogP contribution in [0.2, 0.25) is 0 Å². The first kappa shape index (κ1) is 21.9. The van der Waals surface area contributed by atoms with Crippen molar-refractivity contribution in [2.45, 2.75) is 77.7 Å². The van der Waals surface area contributed by atoms with Crippen LogP contribution in [0.15, 0.2) is 18.2 Å². The third-order valence-electron chi connectivity index (χ3n) is 6.15. The van der Waals surface area contributed by atoms with E-state index in [1.807, 2.05) is 13.0 Å². The van der Waals surface area contributed by atoms with Crippen molar-refractivity contribution in [3.63, 3.8) is 0 Å². The molecule has 1 aromatic carbocycles. The molecular formula is C25H31NO4S. The Morgan fingerprint density at radius 2 is 1.77 bits per heavy atom. The van der Waals surface area contributed by atoms with Gasteiger partial charge in [-0.1, -0.05) is 13.0 Å². The summed E-state index contributed by atoms with van der Waals surface area (Å²) in [6.07, 6.45) is 8.54. The van der Waals surface area contributed by atoms with Gasteiger partial charge < -0.3 is 14.8 Å². The number of aryl methyl sites for hydroxylation is 3. The fourth-order valence-corrected chi connectivity index (χ4v) is 5.82. The molecule has 1 heterocycles. The normalized spacial score (nSPS) is 16.1. The molecule has 0 aliphatic heterocycles. The SMILES string of the molecule is CCOC(=O)c1c(NC(=O)C(CC)Oc2ccc3c(c2)CCCC3)sc2c1CCCC2. The van der Waals surface area contributed by atoms with Crippen LogP contribution in [-0.2, 0) is 35.2 Å². The Morgan fingerprint density at radius 1 is 1.03 bits per heavy atom. The van der Waals surface area contributed by atoms with E-state index in [-0.39, 0.29) is 11.9 Å². The maximum Gasteiger partial charge on any atom is 0.341 e. The molecule has 2 aromatic rings. The Morgan fingerprint density at radius 3 is 2.55 bits per heavy atom. The molecule has 0 bridgehead atoms. The zero-order chi connectivity index (χ0) is 21.8. The minimum Gasteiger partial charge on any atom is -0.481 e. The number of thiophene rings is 1. The van der Waals surface area contributed by atoms with Crippen LogP contribution in [0.25, 0.3) is 0 Å². The molecule has 2 aliphatic rings. The molecule has 1 N–H and O–H groups in total. The lowest BCUT2D eigenvalue weighted by atomic mass is 9.92. The number of esters is 1. The highest BCUT2D eigenvalue weighted by molar-refractivity contribution is 7.17. The lowest BCUT2D eigenvalue weighted by Crippen LogP contribution is -2.32. The summed E-state index contributed by atoms with van der Waals surface area (Å²) in [6, 6.07) is 6.17. The zero-order valence-corrected chi connectivity index (χ0v) is 19.2. The van der Waals surface area contributed by atoms with Gasteiger partial charge in [-0.05, 0) is 93.5 Å². The quantitative estimate of drug-likeness (QED) is 0.578. The van der Waals surface area contributed by atoms with Crippen LogP contribution in [0, 0.1) is 0 Å². The van der Waals surface area contributed by atoms with Crippen molar-refractivity contribution in [1.29, 1.82) is 0 Å². The molecule has 0 saturated heterocycles. The van der Waals surface area contributed by atoms with Crippen molar-refractivity contribution in [3.8, 4) is 5.75 Å². The Balaban J connectivity index is 1.52. The third kappa shape index (κ3) is 4.79. The lowest BCUT2D eigenvalue weighted by Gasteiger charge is -2.20. The molecule has 1 unspecified atom stereocenters. The largest absolute Gasteiger partial charge is 0.481 e. The molecule has 31 heavy (non-hydrogen) atoms. The first-order valence-electron chi connectivity index (χ1n) is 11.5. The van der Waals surface area contributed by atoms with Gasteiger partial charge in [-0.3, -0.25) is 4.79 Å². The Hall–Kier alpha value is -2.34. The summed E-state index contributed by atoms with van der Waals surface area (Å²) in [5.41, 5.74) is 4.31. The highest BCUT2D eigenvalue weighted by atomic mass is 32.1. The first-order chi connectivity index (χ1) is 15.1. The molecular weight excluding hydrogens is 410 g/mol. The van der Waals surface area contributed by atoms with E-state index in [2.05, 4.69) is 17.4 Å². The number of benzene rings is 1. The Kier molecular flexibility index (Phi) is 6.96. The second-order valence-corrected chi connectivity index (χ2v) is 9.38. The summed E-state index contributed by atoms with van der Waals surface area (Å²) in [5, 5.41) is 3.59. The molecule has 0 spiro atoms. The van der Waals surface area contributed by atoms with Crippen molar-refractivity contribution in [1.82, 2.24) is 0 Å². The van der Waals surface area contributed by atoms with Crippen molar-refractivity contribution >= 4 is 28.2 Å². The number of ether oxygens (including phenoxy) is 2. The number of anilines is 1. The van der Waals surface area contributed by atoms with Crippen LogP contribution in [0.1, 0.15) is 77.9 Å². The molecule has 1 aromatic heterocycles. The first-order valence-corrected chi connectivity index (χ1v) is 12.3. The zero-order valence-electron chi connectivity index (χ0n) is 18.4. The summed E-state index contributed by atoms with van der Waals surface area (Å²) in [5.74, 6) is 0.170. The smallest absolute Gasteiger partial charge is 0.341 e. The Bertz CT molecular complexity index is 965. The molecule has 0 radical (unpaired) electrons. The molecule has 1 atom stereocenters. The van der Waals surface area contributed by atoms with Gasteiger partial charge in [-0.2, -0.15) is 0 Å². The second kappa shape index (κ2) is 9.86. The lowest BCUT2D eigenvalue weighted by molar-refractivity contribution is -0.122. The topological polar surface area (TPSA) is 64.6 Å².